The third-order valence-corrected chi connectivity index (χ3v) is 2.31. The fraction of sp³-hybridized carbons (Fsp3) is 0.250. The van der Waals surface area contributed by atoms with Crippen molar-refractivity contribution in [3.63, 3.8) is 0 Å². The summed E-state index contributed by atoms with van der Waals surface area (Å²) in [5.41, 5.74) is 3.33. The van der Waals surface area contributed by atoms with Crippen molar-refractivity contribution in [2.75, 3.05) is 0 Å². The van der Waals surface area contributed by atoms with Gasteiger partial charge in [-0.15, -0.1) is 0 Å². The van der Waals surface area contributed by atoms with Gasteiger partial charge >= 0.3 is 0 Å². The highest BCUT2D eigenvalue weighted by Gasteiger charge is 2.02. The van der Waals surface area contributed by atoms with E-state index in [1.54, 1.807) is 6.26 Å². The zero-order valence-electron chi connectivity index (χ0n) is 8.40. The first kappa shape index (κ1) is 9.00. The van der Waals surface area contributed by atoms with Gasteiger partial charge in [-0.05, 0) is 11.5 Å². The standard InChI is InChI=1S/C12H13NO/c1-9(2)10-3-5-11(6-4-10)12-7-8-14-13-12/h3-9H,1-2H3. The van der Waals surface area contributed by atoms with E-state index in [9.17, 15) is 0 Å². The second kappa shape index (κ2) is 3.66. The first-order valence-corrected chi connectivity index (χ1v) is 4.78. The lowest BCUT2D eigenvalue weighted by Gasteiger charge is -2.04. The number of rotatable bonds is 2. The monoisotopic (exact) mass is 187 g/mol. The Morgan fingerprint density at radius 3 is 2.29 bits per heavy atom. The van der Waals surface area contributed by atoms with Crippen LogP contribution in [0.3, 0.4) is 0 Å². The molecule has 0 spiro atoms. The van der Waals surface area contributed by atoms with Crippen molar-refractivity contribution in [1.29, 1.82) is 0 Å². The smallest absolute Gasteiger partial charge is 0.124 e. The molecule has 2 nitrogen and oxygen atoms in total. The summed E-state index contributed by atoms with van der Waals surface area (Å²) in [6.45, 7) is 4.37. The molecule has 1 aromatic heterocycles. The first-order chi connectivity index (χ1) is 6.77. The van der Waals surface area contributed by atoms with Crippen LogP contribution >= 0.6 is 0 Å². The molecule has 0 amide bonds. The molecule has 14 heavy (non-hydrogen) atoms. The largest absolute Gasteiger partial charge is 0.364 e. The van der Waals surface area contributed by atoms with E-state index < -0.39 is 0 Å². The topological polar surface area (TPSA) is 26.0 Å². The van der Waals surface area contributed by atoms with Crippen LogP contribution in [0.2, 0.25) is 0 Å². The van der Waals surface area contributed by atoms with Crippen LogP contribution < -0.4 is 0 Å². The molecule has 72 valence electrons. The van der Waals surface area contributed by atoms with Crippen LogP contribution in [0, 0.1) is 0 Å². The molecular weight excluding hydrogens is 174 g/mol. The number of hydrogen-bond acceptors (Lipinski definition) is 2. The summed E-state index contributed by atoms with van der Waals surface area (Å²) in [6.07, 6.45) is 1.59. The Bertz CT molecular complexity index is 387. The summed E-state index contributed by atoms with van der Waals surface area (Å²) in [5, 5.41) is 3.89. The first-order valence-electron chi connectivity index (χ1n) is 4.78. The normalized spacial score (nSPS) is 10.8. The predicted octanol–water partition coefficient (Wildman–Crippen LogP) is 3.47. The molecule has 2 aromatic rings. The van der Waals surface area contributed by atoms with Gasteiger partial charge in [-0.1, -0.05) is 43.3 Å². The molecule has 0 aliphatic heterocycles. The van der Waals surface area contributed by atoms with Gasteiger partial charge in [0.05, 0.1) is 0 Å². The highest BCUT2D eigenvalue weighted by atomic mass is 16.5. The Morgan fingerprint density at radius 1 is 1.07 bits per heavy atom. The van der Waals surface area contributed by atoms with Crippen molar-refractivity contribution in [3.05, 3.63) is 42.2 Å². The molecule has 0 bridgehead atoms. The number of aromatic nitrogens is 1. The zero-order chi connectivity index (χ0) is 9.97. The SMILES string of the molecule is CC(C)c1ccc(-c2ccon2)cc1. The van der Waals surface area contributed by atoms with Gasteiger partial charge in [-0.25, -0.2) is 0 Å². The molecule has 1 heterocycles. The molecule has 0 N–H and O–H groups in total. The third-order valence-electron chi connectivity index (χ3n) is 2.31. The number of hydrogen-bond donors (Lipinski definition) is 0. The maximum absolute atomic E-state index is 4.80. The minimum absolute atomic E-state index is 0.571. The lowest BCUT2D eigenvalue weighted by atomic mass is 10.0. The van der Waals surface area contributed by atoms with Crippen molar-refractivity contribution < 1.29 is 4.52 Å². The molecular formula is C12H13NO. The minimum Gasteiger partial charge on any atom is -0.364 e. The molecule has 2 rings (SSSR count). The quantitative estimate of drug-likeness (QED) is 0.719. The fourth-order valence-corrected chi connectivity index (χ4v) is 1.40. The van der Waals surface area contributed by atoms with Crippen LogP contribution in [-0.2, 0) is 0 Å². The van der Waals surface area contributed by atoms with Crippen LogP contribution in [0.4, 0.5) is 0 Å². The van der Waals surface area contributed by atoms with E-state index in [0.717, 1.165) is 11.3 Å². The average molecular weight is 187 g/mol. The van der Waals surface area contributed by atoms with Crippen molar-refractivity contribution in [3.8, 4) is 11.3 Å². The van der Waals surface area contributed by atoms with E-state index in [0.29, 0.717) is 5.92 Å². The summed E-state index contributed by atoms with van der Waals surface area (Å²) in [4.78, 5) is 0. The number of nitrogens with zero attached hydrogens (tertiary/aromatic N) is 1. The molecule has 0 aliphatic carbocycles. The van der Waals surface area contributed by atoms with Crippen LogP contribution in [0.1, 0.15) is 25.3 Å². The van der Waals surface area contributed by atoms with E-state index in [1.807, 2.05) is 6.07 Å². The Hall–Kier alpha value is -1.57. The van der Waals surface area contributed by atoms with Crippen molar-refractivity contribution in [1.82, 2.24) is 5.16 Å². The van der Waals surface area contributed by atoms with Crippen LogP contribution in [-0.4, -0.2) is 5.16 Å². The molecule has 1 aromatic carbocycles. The molecule has 2 heteroatoms. The van der Waals surface area contributed by atoms with E-state index >= 15 is 0 Å². The van der Waals surface area contributed by atoms with Crippen molar-refractivity contribution >= 4 is 0 Å². The van der Waals surface area contributed by atoms with Crippen LogP contribution in [0.25, 0.3) is 11.3 Å². The molecule has 0 fully saturated rings. The maximum Gasteiger partial charge on any atom is 0.124 e. The average Bonchev–Trinajstić information content (AvgIpc) is 2.71. The van der Waals surface area contributed by atoms with E-state index in [1.165, 1.54) is 5.56 Å². The Labute approximate surface area is 83.5 Å². The van der Waals surface area contributed by atoms with E-state index in [2.05, 4.69) is 43.3 Å². The van der Waals surface area contributed by atoms with Crippen molar-refractivity contribution in [2.45, 2.75) is 19.8 Å². The minimum atomic E-state index is 0.571. The van der Waals surface area contributed by atoms with Gasteiger partial charge in [0, 0.05) is 11.6 Å². The Morgan fingerprint density at radius 2 is 1.79 bits per heavy atom. The second-order valence-electron chi connectivity index (χ2n) is 3.66. The Kier molecular flexibility index (Phi) is 2.35. The molecule has 0 unspecified atom stereocenters. The Balaban J connectivity index is 2.31. The molecule has 0 saturated carbocycles. The van der Waals surface area contributed by atoms with Gasteiger partial charge in [0.25, 0.3) is 0 Å². The lowest BCUT2D eigenvalue weighted by molar-refractivity contribution is 0.422. The van der Waals surface area contributed by atoms with Gasteiger partial charge in [0.1, 0.15) is 12.0 Å². The maximum atomic E-state index is 4.80. The van der Waals surface area contributed by atoms with E-state index in [4.69, 9.17) is 4.52 Å². The van der Waals surface area contributed by atoms with Gasteiger partial charge in [-0.3, -0.25) is 0 Å². The second-order valence-corrected chi connectivity index (χ2v) is 3.66. The highest BCUT2D eigenvalue weighted by Crippen LogP contribution is 2.20. The van der Waals surface area contributed by atoms with Gasteiger partial charge < -0.3 is 4.52 Å². The van der Waals surface area contributed by atoms with Crippen LogP contribution in [0.15, 0.2) is 41.1 Å². The summed E-state index contributed by atoms with van der Waals surface area (Å²) >= 11 is 0. The molecule has 0 aliphatic rings. The lowest BCUT2D eigenvalue weighted by Crippen LogP contribution is -1.86. The summed E-state index contributed by atoms with van der Waals surface area (Å²) < 4.78 is 4.80. The van der Waals surface area contributed by atoms with Crippen molar-refractivity contribution in [2.24, 2.45) is 0 Å². The van der Waals surface area contributed by atoms with Gasteiger partial charge in [0.15, 0.2) is 0 Å². The van der Waals surface area contributed by atoms with Crippen LogP contribution in [0.5, 0.6) is 0 Å². The predicted molar refractivity (Wildman–Crippen MR) is 56.0 cm³/mol. The molecule has 0 atom stereocenters. The highest BCUT2D eigenvalue weighted by molar-refractivity contribution is 5.58. The fourth-order valence-electron chi connectivity index (χ4n) is 1.40. The molecule has 0 radical (unpaired) electrons. The number of benzene rings is 1. The van der Waals surface area contributed by atoms with E-state index in [-0.39, 0.29) is 0 Å². The molecule has 0 saturated heterocycles. The summed E-state index contributed by atoms with van der Waals surface area (Å²) in [6, 6.07) is 10.3. The third kappa shape index (κ3) is 1.69. The van der Waals surface area contributed by atoms with Gasteiger partial charge in [0.2, 0.25) is 0 Å². The summed E-state index contributed by atoms with van der Waals surface area (Å²) in [5.74, 6) is 0.571. The zero-order valence-corrected chi connectivity index (χ0v) is 8.40. The summed E-state index contributed by atoms with van der Waals surface area (Å²) in [7, 11) is 0. The van der Waals surface area contributed by atoms with Gasteiger partial charge in [-0.2, -0.15) is 0 Å².